The number of anilines is 1. The van der Waals surface area contributed by atoms with E-state index in [4.69, 9.17) is 21.4 Å². The largest absolute Gasteiger partial charge is 0.497 e. The van der Waals surface area contributed by atoms with Gasteiger partial charge in [-0.25, -0.2) is 4.79 Å². The number of halogens is 1. The average molecular weight is 287 g/mol. The van der Waals surface area contributed by atoms with Gasteiger partial charge in [0.25, 0.3) is 0 Å². The molecule has 1 unspecified atom stereocenters. The highest BCUT2D eigenvalue weighted by Gasteiger charge is 2.08. The molecule has 106 valence electrons. The minimum atomic E-state index is -0.333. The van der Waals surface area contributed by atoms with E-state index < -0.39 is 0 Å². The molecule has 0 aromatic heterocycles. The molecule has 0 bridgehead atoms. The molecule has 1 rings (SSSR count). The average Bonchev–Trinajstić information content (AvgIpc) is 2.39. The van der Waals surface area contributed by atoms with Gasteiger partial charge in [0.1, 0.15) is 5.75 Å². The molecule has 0 aliphatic carbocycles. The first kappa shape index (κ1) is 15.6. The second-order valence-corrected chi connectivity index (χ2v) is 4.71. The maximum atomic E-state index is 11.7. The molecule has 1 aromatic carbocycles. The fourth-order valence-electron chi connectivity index (χ4n) is 1.48. The van der Waals surface area contributed by atoms with Gasteiger partial charge in [0.2, 0.25) is 0 Å². The highest BCUT2D eigenvalue weighted by atomic mass is 35.5. The van der Waals surface area contributed by atoms with Gasteiger partial charge in [-0.1, -0.05) is 18.5 Å². The van der Waals surface area contributed by atoms with Crippen LogP contribution in [0.3, 0.4) is 0 Å². The number of rotatable bonds is 6. The summed E-state index contributed by atoms with van der Waals surface area (Å²) >= 11 is 5.98. The number of amides is 2. The monoisotopic (exact) mass is 286 g/mol. The minimum absolute atomic E-state index is 0.117. The Hall–Kier alpha value is -1.46. The van der Waals surface area contributed by atoms with E-state index in [0.717, 1.165) is 0 Å². The Morgan fingerprint density at radius 3 is 2.89 bits per heavy atom. The maximum absolute atomic E-state index is 11.7. The number of methoxy groups -OCH3 is 1. The van der Waals surface area contributed by atoms with Gasteiger partial charge in [-0.2, -0.15) is 0 Å². The zero-order valence-electron chi connectivity index (χ0n) is 11.1. The third kappa shape index (κ3) is 5.36. The predicted octanol–water partition coefficient (Wildman–Crippen LogP) is 2.49. The van der Waals surface area contributed by atoms with Crippen molar-refractivity contribution in [3.8, 4) is 5.75 Å². The van der Waals surface area contributed by atoms with Crippen LogP contribution in [0.2, 0.25) is 5.02 Å². The van der Waals surface area contributed by atoms with Gasteiger partial charge >= 0.3 is 6.03 Å². The van der Waals surface area contributed by atoms with Crippen molar-refractivity contribution in [3.63, 3.8) is 0 Å². The number of carbonyl (C=O) groups is 1. The SMILES string of the molecule is COc1ccc(Cl)c(NC(=O)NCC(C)CCO)c1. The lowest BCUT2D eigenvalue weighted by atomic mass is 10.1. The summed E-state index contributed by atoms with van der Waals surface area (Å²) in [6, 6.07) is 4.69. The third-order valence-electron chi connectivity index (χ3n) is 2.65. The molecule has 0 heterocycles. The Morgan fingerprint density at radius 1 is 1.53 bits per heavy atom. The fraction of sp³-hybridized carbons (Fsp3) is 0.462. The van der Waals surface area contributed by atoms with E-state index in [2.05, 4.69) is 10.6 Å². The molecule has 0 saturated heterocycles. The topological polar surface area (TPSA) is 70.6 Å². The summed E-state index contributed by atoms with van der Waals surface area (Å²) in [7, 11) is 1.55. The Labute approximate surface area is 117 Å². The Kier molecular flexibility index (Phi) is 6.45. The highest BCUT2D eigenvalue weighted by Crippen LogP contribution is 2.26. The lowest BCUT2D eigenvalue weighted by Gasteiger charge is -2.13. The van der Waals surface area contributed by atoms with E-state index in [0.29, 0.717) is 29.4 Å². The molecular formula is C13H19ClN2O3. The van der Waals surface area contributed by atoms with Crippen molar-refractivity contribution in [2.24, 2.45) is 5.92 Å². The molecule has 6 heteroatoms. The third-order valence-corrected chi connectivity index (χ3v) is 2.98. The number of benzene rings is 1. The number of hydrogen-bond donors (Lipinski definition) is 3. The van der Waals surface area contributed by atoms with Crippen LogP contribution >= 0.6 is 11.6 Å². The second kappa shape index (κ2) is 7.86. The molecule has 19 heavy (non-hydrogen) atoms. The zero-order valence-corrected chi connectivity index (χ0v) is 11.8. The van der Waals surface area contributed by atoms with Crippen molar-refractivity contribution in [1.29, 1.82) is 0 Å². The number of hydrogen-bond acceptors (Lipinski definition) is 3. The Bertz CT molecular complexity index is 426. The van der Waals surface area contributed by atoms with Crippen LogP contribution in [0.5, 0.6) is 5.75 Å². The number of aliphatic hydroxyl groups is 1. The highest BCUT2D eigenvalue weighted by molar-refractivity contribution is 6.33. The van der Waals surface area contributed by atoms with E-state index in [-0.39, 0.29) is 18.6 Å². The van der Waals surface area contributed by atoms with E-state index in [1.807, 2.05) is 6.92 Å². The summed E-state index contributed by atoms with van der Waals surface area (Å²) in [5.74, 6) is 0.838. The van der Waals surface area contributed by atoms with Crippen molar-refractivity contribution in [2.75, 3.05) is 25.6 Å². The number of nitrogens with one attached hydrogen (secondary N) is 2. The predicted molar refractivity (Wildman–Crippen MR) is 75.9 cm³/mol. The van der Waals surface area contributed by atoms with Gasteiger partial charge in [0.15, 0.2) is 0 Å². The molecule has 1 atom stereocenters. The summed E-state index contributed by atoms with van der Waals surface area (Å²) in [5, 5.41) is 14.6. The van der Waals surface area contributed by atoms with Crippen LogP contribution in [0.25, 0.3) is 0 Å². The maximum Gasteiger partial charge on any atom is 0.319 e. The van der Waals surface area contributed by atoms with Crippen LogP contribution in [-0.2, 0) is 0 Å². The van der Waals surface area contributed by atoms with Crippen molar-refractivity contribution >= 4 is 23.3 Å². The van der Waals surface area contributed by atoms with Gasteiger partial charge < -0.3 is 20.5 Å². The van der Waals surface area contributed by atoms with Gasteiger partial charge in [-0.15, -0.1) is 0 Å². The normalized spacial score (nSPS) is 11.8. The van der Waals surface area contributed by atoms with Crippen LogP contribution in [0.15, 0.2) is 18.2 Å². The molecule has 3 N–H and O–H groups in total. The standard InChI is InChI=1S/C13H19ClN2O3/c1-9(5-6-17)8-15-13(18)16-12-7-10(19-2)3-4-11(12)14/h3-4,7,9,17H,5-6,8H2,1-2H3,(H2,15,16,18). The van der Waals surface area contributed by atoms with E-state index in [1.165, 1.54) is 0 Å². The number of urea groups is 1. The van der Waals surface area contributed by atoms with Crippen molar-refractivity contribution in [2.45, 2.75) is 13.3 Å². The first-order valence-corrected chi connectivity index (χ1v) is 6.44. The quantitative estimate of drug-likeness (QED) is 0.752. The Morgan fingerprint density at radius 2 is 2.26 bits per heavy atom. The molecule has 0 fully saturated rings. The molecule has 5 nitrogen and oxygen atoms in total. The van der Waals surface area contributed by atoms with E-state index in [1.54, 1.807) is 25.3 Å². The van der Waals surface area contributed by atoms with Gasteiger partial charge in [0, 0.05) is 19.2 Å². The van der Waals surface area contributed by atoms with Crippen molar-refractivity contribution in [1.82, 2.24) is 5.32 Å². The summed E-state index contributed by atoms with van der Waals surface area (Å²) in [6.45, 7) is 2.56. The number of aliphatic hydroxyl groups excluding tert-OH is 1. The molecule has 0 aliphatic rings. The molecule has 0 aliphatic heterocycles. The van der Waals surface area contributed by atoms with Crippen LogP contribution in [0, 0.1) is 5.92 Å². The Balaban J connectivity index is 2.52. The lowest BCUT2D eigenvalue weighted by molar-refractivity contribution is 0.243. The van der Waals surface area contributed by atoms with Crippen LogP contribution in [-0.4, -0.2) is 31.4 Å². The van der Waals surface area contributed by atoms with Crippen LogP contribution in [0.4, 0.5) is 10.5 Å². The van der Waals surface area contributed by atoms with E-state index in [9.17, 15) is 4.79 Å². The summed E-state index contributed by atoms with van der Waals surface area (Å²) in [6.07, 6.45) is 0.653. The summed E-state index contributed by atoms with van der Waals surface area (Å²) < 4.78 is 5.06. The van der Waals surface area contributed by atoms with Gasteiger partial charge in [0.05, 0.1) is 17.8 Å². The molecule has 0 spiro atoms. The first-order chi connectivity index (χ1) is 9.06. The first-order valence-electron chi connectivity index (χ1n) is 6.06. The number of carbonyl (C=O) groups excluding carboxylic acids is 1. The van der Waals surface area contributed by atoms with Gasteiger partial charge in [-0.05, 0) is 24.5 Å². The molecule has 0 saturated carbocycles. The van der Waals surface area contributed by atoms with Crippen LogP contribution < -0.4 is 15.4 Å². The smallest absolute Gasteiger partial charge is 0.319 e. The zero-order chi connectivity index (χ0) is 14.3. The van der Waals surface area contributed by atoms with Crippen LogP contribution in [0.1, 0.15) is 13.3 Å². The minimum Gasteiger partial charge on any atom is -0.497 e. The van der Waals surface area contributed by atoms with E-state index >= 15 is 0 Å². The molecule has 2 amide bonds. The molecule has 0 radical (unpaired) electrons. The number of ether oxygens (including phenoxy) is 1. The van der Waals surface area contributed by atoms with Crippen molar-refractivity contribution < 1.29 is 14.6 Å². The molecule has 1 aromatic rings. The second-order valence-electron chi connectivity index (χ2n) is 4.30. The molecular weight excluding hydrogens is 268 g/mol. The summed E-state index contributed by atoms with van der Waals surface area (Å²) in [4.78, 5) is 11.7. The van der Waals surface area contributed by atoms with Gasteiger partial charge in [-0.3, -0.25) is 0 Å². The van der Waals surface area contributed by atoms with Crippen molar-refractivity contribution in [3.05, 3.63) is 23.2 Å². The summed E-state index contributed by atoms with van der Waals surface area (Å²) in [5.41, 5.74) is 0.494. The lowest BCUT2D eigenvalue weighted by Crippen LogP contribution is -2.32. The fourth-order valence-corrected chi connectivity index (χ4v) is 1.65.